The molecule has 2 aromatic heterocycles. The number of likely N-dealkylation sites (tertiary alicyclic amines) is 1. The number of carbonyl (C=O) groups is 2. The summed E-state index contributed by atoms with van der Waals surface area (Å²) in [7, 11) is 3.56. The summed E-state index contributed by atoms with van der Waals surface area (Å²) in [5, 5.41) is 14.6. The zero-order valence-electron chi connectivity index (χ0n) is 33.5. The molecule has 3 aliphatic heterocycles. The molecule has 58 heavy (non-hydrogen) atoms. The van der Waals surface area contributed by atoms with E-state index in [0.29, 0.717) is 55.3 Å². The van der Waals surface area contributed by atoms with E-state index in [1.165, 1.54) is 19.3 Å². The van der Waals surface area contributed by atoms with Gasteiger partial charge in [0.05, 0.1) is 23.4 Å². The molecule has 4 aromatic rings. The van der Waals surface area contributed by atoms with Crippen molar-refractivity contribution in [2.24, 2.45) is 7.05 Å². The Morgan fingerprint density at radius 2 is 1.81 bits per heavy atom. The number of benzene rings is 2. The smallest absolute Gasteiger partial charge is 0.267 e. The van der Waals surface area contributed by atoms with Gasteiger partial charge in [0.2, 0.25) is 17.8 Å². The molecule has 4 fully saturated rings. The van der Waals surface area contributed by atoms with Crippen LogP contribution in [0.5, 0.6) is 0 Å². The van der Waals surface area contributed by atoms with Gasteiger partial charge in [-0.05, 0) is 106 Å². The molecule has 0 bridgehead atoms. The summed E-state index contributed by atoms with van der Waals surface area (Å²) in [6, 6.07) is 14.1. The minimum Gasteiger partial charge on any atom is -0.351 e. The van der Waals surface area contributed by atoms with Crippen molar-refractivity contribution in [2.45, 2.75) is 111 Å². The Morgan fingerprint density at radius 1 is 1.00 bits per heavy atom. The molecule has 9 rings (SSSR count). The number of nitrogens with one attached hydrogen (secondary N) is 3. The van der Waals surface area contributed by atoms with Crippen LogP contribution in [-0.2, 0) is 28.6 Å². The quantitative estimate of drug-likeness (QED) is 0.131. The highest BCUT2D eigenvalue weighted by Crippen LogP contribution is 2.57. The maximum absolute atomic E-state index is 15.9. The molecule has 2 saturated carbocycles. The third-order valence-corrected chi connectivity index (χ3v) is 14.1. The molecule has 308 valence electrons. The number of aryl methyl sites for hydroxylation is 1. The summed E-state index contributed by atoms with van der Waals surface area (Å²) in [5.74, 6) is -1.81. The van der Waals surface area contributed by atoms with Crippen molar-refractivity contribution in [3.63, 3.8) is 0 Å². The molecule has 3 N–H and O–H groups in total. The number of hydrogen-bond acceptors (Lipinski definition) is 10. The largest absolute Gasteiger partial charge is 0.351 e. The summed E-state index contributed by atoms with van der Waals surface area (Å²) in [6.07, 6.45) is 11.9. The second-order valence-electron chi connectivity index (χ2n) is 17.0. The second-order valence-corrected chi connectivity index (χ2v) is 18.2. The highest BCUT2D eigenvalue weighted by Gasteiger charge is 2.61. The van der Waals surface area contributed by atoms with E-state index < -0.39 is 11.8 Å². The highest BCUT2D eigenvalue weighted by atomic mass is 32.2. The van der Waals surface area contributed by atoms with Crippen molar-refractivity contribution in [1.82, 2.24) is 34.3 Å². The lowest BCUT2D eigenvalue weighted by molar-refractivity contribution is -0.121. The standard InChI is InChI=1S/C43H54F2N10O2S/c1-46-19-13-37(56)49-38-33-12-11-29(24-36(33)52(2)51-38)34-16-20-53(27-43(34,44)45)26-28-7-6-10-32(23-28)58-54-21-14-30(15-22-54)48-41-47-25-35-39(50-41)55(31-8-4-3-5-9-31)40(57)42(35)17-18-42/h6-7,10-12,23-25,30-31,34,46H,3-5,8-9,13-22,26-27H2,1-2H3,(H,47,48,50)(H,49,51,56). The first-order valence-corrected chi connectivity index (χ1v) is 21.9. The Morgan fingerprint density at radius 3 is 2.57 bits per heavy atom. The van der Waals surface area contributed by atoms with Gasteiger partial charge >= 0.3 is 0 Å². The molecule has 2 saturated heterocycles. The molecule has 2 aromatic carbocycles. The van der Waals surface area contributed by atoms with Crippen molar-refractivity contribution >= 4 is 52.2 Å². The van der Waals surface area contributed by atoms with Gasteiger partial charge < -0.3 is 16.0 Å². The first-order chi connectivity index (χ1) is 28.1. The number of alkyl halides is 2. The molecule has 2 aliphatic carbocycles. The Balaban J connectivity index is 0.776. The fourth-order valence-electron chi connectivity index (χ4n) is 9.65. The summed E-state index contributed by atoms with van der Waals surface area (Å²) in [4.78, 5) is 40.6. The third-order valence-electron chi connectivity index (χ3n) is 13.0. The number of aromatic nitrogens is 4. The SMILES string of the molecule is CNCCC(=O)Nc1nn(C)c2cc(C3CCN(Cc4cccc(SN5CCC(Nc6ncc7c(n6)N(C6CCCCC6)C(=O)C76CC6)CC5)c4)CC3(F)F)ccc12. The van der Waals surface area contributed by atoms with Gasteiger partial charge in [-0.25, -0.2) is 18.1 Å². The minimum atomic E-state index is -2.91. The maximum atomic E-state index is 15.9. The van der Waals surface area contributed by atoms with Gasteiger partial charge in [0, 0.05) is 73.8 Å². The van der Waals surface area contributed by atoms with E-state index in [1.54, 1.807) is 48.9 Å². The predicted octanol–water partition coefficient (Wildman–Crippen LogP) is 6.83. The number of carbonyl (C=O) groups excluding carboxylic acids is 2. The van der Waals surface area contributed by atoms with E-state index in [4.69, 9.17) is 9.97 Å². The molecule has 5 aliphatic rings. The van der Waals surface area contributed by atoms with Gasteiger partial charge in [-0.2, -0.15) is 10.1 Å². The Hall–Kier alpha value is -4.18. The van der Waals surface area contributed by atoms with Crippen LogP contribution in [-0.4, -0.2) is 98.5 Å². The Kier molecular flexibility index (Phi) is 10.9. The molecule has 2 amide bonds. The van der Waals surface area contributed by atoms with Crippen LogP contribution in [0.4, 0.5) is 26.4 Å². The lowest BCUT2D eigenvalue weighted by Crippen LogP contribution is -2.46. The number of fused-ring (bicyclic) bond motifs is 3. The molecular formula is C43H54F2N10O2S. The molecular weight excluding hydrogens is 759 g/mol. The number of anilines is 3. The van der Waals surface area contributed by atoms with Crippen molar-refractivity contribution in [3.8, 4) is 0 Å². The molecule has 1 atom stereocenters. The predicted molar refractivity (Wildman–Crippen MR) is 223 cm³/mol. The molecule has 5 heterocycles. The van der Waals surface area contributed by atoms with Gasteiger partial charge in [-0.1, -0.05) is 37.5 Å². The highest BCUT2D eigenvalue weighted by molar-refractivity contribution is 7.97. The van der Waals surface area contributed by atoms with Crippen LogP contribution in [0.3, 0.4) is 0 Å². The summed E-state index contributed by atoms with van der Waals surface area (Å²) in [5.41, 5.74) is 2.99. The monoisotopic (exact) mass is 812 g/mol. The zero-order valence-corrected chi connectivity index (χ0v) is 34.3. The van der Waals surface area contributed by atoms with Gasteiger partial charge in [-0.3, -0.25) is 24.1 Å². The van der Waals surface area contributed by atoms with E-state index >= 15 is 8.78 Å². The van der Waals surface area contributed by atoms with E-state index in [9.17, 15) is 9.59 Å². The lowest BCUT2D eigenvalue weighted by atomic mass is 9.85. The minimum absolute atomic E-state index is 0.148. The van der Waals surface area contributed by atoms with Crippen LogP contribution < -0.4 is 20.9 Å². The fraction of sp³-hybridized carbons (Fsp3) is 0.558. The number of hydrogen-bond donors (Lipinski definition) is 3. The second kappa shape index (κ2) is 16.1. The number of halogens is 2. The van der Waals surface area contributed by atoms with Crippen LogP contribution in [0.15, 0.2) is 53.6 Å². The van der Waals surface area contributed by atoms with E-state index in [0.717, 1.165) is 78.8 Å². The van der Waals surface area contributed by atoms with Crippen molar-refractivity contribution in [2.75, 3.05) is 55.3 Å². The van der Waals surface area contributed by atoms with Crippen molar-refractivity contribution in [3.05, 3.63) is 65.4 Å². The van der Waals surface area contributed by atoms with Crippen LogP contribution in [0, 0.1) is 0 Å². The first-order valence-electron chi connectivity index (χ1n) is 21.1. The molecule has 15 heteroatoms. The molecule has 1 spiro atoms. The van der Waals surface area contributed by atoms with Crippen molar-refractivity contribution in [1.29, 1.82) is 0 Å². The number of nitrogens with zero attached hydrogens (tertiary/aromatic N) is 7. The van der Waals surface area contributed by atoms with E-state index in [-0.39, 0.29) is 35.9 Å². The number of piperidine rings is 2. The first kappa shape index (κ1) is 39.3. The average molecular weight is 813 g/mol. The Labute approximate surface area is 343 Å². The van der Waals surface area contributed by atoms with Gasteiger partial charge in [0.1, 0.15) is 5.82 Å². The third kappa shape index (κ3) is 7.82. The topological polar surface area (TPSA) is 124 Å². The average Bonchev–Trinajstić information content (AvgIpc) is 3.92. The molecule has 1 unspecified atom stereocenters. The normalized spacial score (nSPS) is 22.4. The van der Waals surface area contributed by atoms with Crippen LogP contribution >= 0.6 is 11.9 Å². The zero-order chi connectivity index (χ0) is 40.0. The van der Waals surface area contributed by atoms with E-state index in [2.05, 4.69) is 37.5 Å². The molecule has 0 radical (unpaired) electrons. The number of amides is 2. The Bertz CT molecular complexity index is 2160. The van der Waals surface area contributed by atoms with Crippen LogP contribution in [0.1, 0.15) is 93.2 Å². The van der Waals surface area contributed by atoms with Gasteiger partial charge in [0.15, 0.2) is 5.82 Å². The maximum Gasteiger partial charge on any atom is 0.267 e. The lowest BCUT2D eigenvalue weighted by Gasteiger charge is -2.38. The van der Waals surface area contributed by atoms with Gasteiger partial charge in [0.25, 0.3) is 5.92 Å². The van der Waals surface area contributed by atoms with Crippen LogP contribution in [0.25, 0.3) is 10.9 Å². The summed E-state index contributed by atoms with van der Waals surface area (Å²) >= 11 is 1.73. The summed E-state index contributed by atoms with van der Waals surface area (Å²) < 4.78 is 35.8. The van der Waals surface area contributed by atoms with Crippen LogP contribution in [0.2, 0.25) is 0 Å². The summed E-state index contributed by atoms with van der Waals surface area (Å²) in [6.45, 7) is 3.06. The fourth-order valence-corrected chi connectivity index (χ4v) is 10.7. The molecule has 12 nitrogen and oxygen atoms in total. The van der Waals surface area contributed by atoms with E-state index in [1.807, 2.05) is 28.1 Å². The number of rotatable bonds is 12. The van der Waals surface area contributed by atoms with Gasteiger partial charge in [-0.15, -0.1) is 0 Å². The van der Waals surface area contributed by atoms with Crippen molar-refractivity contribution < 1.29 is 18.4 Å².